The number of ether oxygens (including phenoxy) is 1. The van der Waals surface area contributed by atoms with Crippen molar-refractivity contribution >= 4 is 22.0 Å². The van der Waals surface area contributed by atoms with Gasteiger partial charge in [-0.25, -0.2) is 4.79 Å². The van der Waals surface area contributed by atoms with E-state index in [4.69, 9.17) is 4.74 Å². The zero-order valence-electron chi connectivity index (χ0n) is 10.4. The molecule has 0 saturated heterocycles. The summed E-state index contributed by atoms with van der Waals surface area (Å²) >= 11 is 3.51. The van der Waals surface area contributed by atoms with Crippen LogP contribution in [-0.2, 0) is 4.74 Å². The molecule has 1 N–H and O–H groups in total. The molecule has 0 heterocycles. The molecular formula is C12H22BrNO2. The number of alkyl halides is 1. The van der Waals surface area contributed by atoms with E-state index in [0.717, 1.165) is 18.2 Å². The number of halogens is 1. The van der Waals surface area contributed by atoms with Crippen molar-refractivity contribution in [2.24, 2.45) is 5.92 Å². The first kappa shape index (κ1) is 13.8. The Bertz CT molecular complexity index is 238. The second-order valence-electron chi connectivity index (χ2n) is 5.53. The quantitative estimate of drug-likeness (QED) is 0.791. The van der Waals surface area contributed by atoms with Crippen molar-refractivity contribution in [3.63, 3.8) is 0 Å². The molecule has 2 atom stereocenters. The maximum atomic E-state index is 11.6. The highest BCUT2D eigenvalue weighted by Crippen LogP contribution is 2.25. The number of hydrogen-bond donors (Lipinski definition) is 1. The zero-order valence-corrected chi connectivity index (χ0v) is 12.0. The van der Waals surface area contributed by atoms with Gasteiger partial charge in [0.05, 0.1) is 0 Å². The molecule has 1 rings (SSSR count). The normalized spacial score (nSPS) is 26.2. The zero-order chi connectivity index (χ0) is 12.2. The lowest BCUT2D eigenvalue weighted by molar-refractivity contribution is 0.0487. The van der Waals surface area contributed by atoms with Crippen LogP contribution in [0.5, 0.6) is 0 Å². The molecule has 4 heteroatoms. The number of amides is 1. The average molecular weight is 292 g/mol. The molecule has 1 aliphatic carbocycles. The van der Waals surface area contributed by atoms with Crippen LogP contribution < -0.4 is 5.32 Å². The largest absolute Gasteiger partial charge is 0.444 e. The minimum absolute atomic E-state index is 0.283. The summed E-state index contributed by atoms with van der Waals surface area (Å²) in [5, 5.41) is 3.98. The van der Waals surface area contributed by atoms with Crippen molar-refractivity contribution in [2.45, 2.75) is 58.1 Å². The molecule has 0 radical (unpaired) electrons. The van der Waals surface area contributed by atoms with Gasteiger partial charge in [-0.3, -0.25) is 0 Å². The van der Waals surface area contributed by atoms with Gasteiger partial charge in [-0.15, -0.1) is 0 Å². The molecule has 1 aliphatic rings. The summed E-state index contributed by atoms with van der Waals surface area (Å²) in [6.07, 6.45) is 4.30. The summed E-state index contributed by atoms with van der Waals surface area (Å²) in [5.41, 5.74) is -0.409. The van der Waals surface area contributed by atoms with Crippen LogP contribution >= 0.6 is 15.9 Å². The van der Waals surface area contributed by atoms with Crippen LogP contribution in [0.25, 0.3) is 0 Å². The lowest BCUT2D eigenvalue weighted by atomic mass is 9.87. The number of carbonyl (C=O) groups is 1. The lowest BCUT2D eigenvalue weighted by Crippen LogP contribution is -2.41. The van der Waals surface area contributed by atoms with Gasteiger partial charge < -0.3 is 10.1 Å². The Morgan fingerprint density at radius 2 is 2.12 bits per heavy atom. The van der Waals surface area contributed by atoms with E-state index in [1.54, 1.807) is 0 Å². The van der Waals surface area contributed by atoms with Crippen LogP contribution in [0.4, 0.5) is 4.79 Å². The molecule has 0 aliphatic heterocycles. The highest BCUT2D eigenvalue weighted by molar-refractivity contribution is 9.09. The van der Waals surface area contributed by atoms with Crippen LogP contribution in [0.3, 0.4) is 0 Å². The van der Waals surface area contributed by atoms with Crippen LogP contribution in [0, 0.1) is 5.92 Å². The van der Waals surface area contributed by atoms with E-state index in [0.29, 0.717) is 5.92 Å². The van der Waals surface area contributed by atoms with E-state index < -0.39 is 5.60 Å². The van der Waals surface area contributed by atoms with Gasteiger partial charge in [0.1, 0.15) is 5.60 Å². The SMILES string of the molecule is CC(C)(C)OC(=O)N[C@@H]1CCC[C@H](CBr)C1. The second kappa shape index (κ2) is 5.89. The van der Waals surface area contributed by atoms with Gasteiger partial charge in [0.15, 0.2) is 0 Å². The fraction of sp³-hybridized carbons (Fsp3) is 0.917. The topological polar surface area (TPSA) is 38.3 Å². The number of alkyl carbamates (subject to hydrolysis) is 1. The van der Waals surface area contributed by atoms with Crippen molar-refractivity contribution in [1.29, 1.82) is 0 Å². The Morgan fingerprint density at radius 1 is 1.44 bits per heavy atom. The molecule has 0 unspecified atom stereocenters. The van der Waals surface area contributed by atoms with Crippen molar-refractivity contribution < 1.29 is 9.53 Å². The van der Waals surface area contributed by atoms with Gasteiger partial charge in [-0.05, 0) is 46.0 Å². The molecule has 16 heavy (non-hydrogen) atoms. The Balaban J connectivity index is 2.33. The Hall–Kier alpha value is -0.250. The molecule has 0 aromatic heterocycles. The van der Waals surface area contributed by atoms with E-state index in [-0.39, 0.29) is 12.1 Å². The third kappa shape index (κ3) is 5.19. The minimum Gasteiger partial charge on any atom is -0.444 e. The van der Waals surface area contributed by atoms with Crippen LogP contribution in [0.15, 0.2) is 0 Å². The molecule has 1 fully saturated rings. The number of rotatable bonds is 2. The van der Waals surface area contributed by atoms with Crippen molar-refractivity contribution in [3.8, 4) is 0 Å². The van der Waals surface area contributed by atoms with Crippen LogP contribution in [-0.4, -0.2) is 23.1 Å². The second-order valence-corrected chi connectivity index (χ2v) is 6.18. The smallest absolute Gasteiger partial charge is 0.407 e. The molecule has 0 aromatic carbocycles. The third-order valence-electron chi connectivity index (χ3n) is 2.72. The summed E-state index contributed by atoms with van der Waals surface area (Å²) in [6, 6.07) is 0.283. The summed E-state index contributed by atoms with van der Waals surface area (Å²) < 4.78 is 5.25. The van der Waals surface area contributed by atoms with Gasteiger partial charge in [-0.2, -0.15) is 0 Å². The molecule has 0 spiro atoms. The first-order chi connectivity index (χ1) is 7.40. The first-order valence-electron chi connectivity index (χ1n) is 5.96. The highest BCUT2D eigenvalue weighted by Gasteiger charge is 2.24. The predicted molar refractivity (Wildman–Crippen MR) is 68.9 cm³/mol. The molecular weight excluding hydrogens is 270 g/mol. The number of hydrogen-bond acceptors (Lipinski definition) is 2. The number of carbonyl (C=O) groups excluding carboxylic acids is 1. The fourth-order valence-corrected chi connectivity index (χ4v) is 2.62. The minimum atomic E-state index is -0.409. The van der Waals surface area contributed by atoms with Gasteiger partial charge in [0.2, 0.25) is 0 Å². The van der Waals surface area contributed by atoms with Gasteiger partial charge in [0, 0.05) is 11.4 Å². The highest BCUT2D eigenvalue weighted by atomic mass is 79.9. The number of nitrogens with one attached hydrogen (secondary N) is 1. The van der Waals surface area contributed by atoms with Crippen molar-refractivity contribution in [2.75, 3.05) is 5.33 Å². The van der Waals surface area contributed by atoms with Gasteiger partial charge in [0.25, 0.3) is 0 Å². The average Bonchev–Trinajstić information content (AvgIpc) is 2.15. The Labute approximate surface area is 106 Å². The van der Waals surface area contributed by atoms with Gasteiger partial charge in [-0.1, -0.05) is 22.4 Å². The molecule has 1 amide bonds. The molecule has 0 bridgehead atoms. The molecule has 0 aromatic rings. The Kier molecular flexibility index (Phi) is 5.09. The van der Waals surface area contributed by atoms with E-state index in [9.17, 15) is 4.79 Å². The molecule has 3 nitrogen and oxygen atoms in total. The maximum Gasteiger partial charge on any atom is 0.407 e. The monoisotopic (exact) mass is 291 g/mol. The van der Waals surface area contributed by atoms with E-state index in [1.165, 1.54) is 12.8 Å². The van der Waals surface area contributed by atoms with Gasteiger partial charge >= 0.3 is 6.09 Å². The van der Waals surface area contributed by atoms with Crippen molar-refractivity contribution in [3.05, 3.63) is 0 Å². The first-order valence-corrected chi connectivity index (χ1v) is 7.08. The van der Waals surface area contributed by atoms with E-state index >= 15 is 0 Å². The lowest BCUT2D eigenvalue weighted by Gasteiger charge is -2.29. The Morgan fingerprint density at radius 3 is 2.69 bits per heavy atom. The maximum absolute atomic E-state index is 11.6. The molecule has 1 saturated carbocycles. The van der Waals surface area contributed by atoms with Crippen molar-refractivity contribution in [1.82, 2.24) is 5.32 Å². The summed E-state index contributed by atoms with van der Waals surface area (Å²) in [5.74, 6) is 0.689. The van der Waals surface area contributed by atoms with Crippen LogP contribution in [0.2, 0.25) is 0 Å². The fourth-order valence-electron chi connectivity index (χ4n) is 2.04. The van der Waals surface area contributed by atoms with Crippen LogP contribution in [0.1, 0.15) is 46.5 Å². The van der Waals surface area contributed by atoms with E-state index in [2.05, 4.69) is 21.2 Å². The summed E-state index contributed by atoms with van der Waals surface area (Å²) in [7, 11) is 0. The standard InChI is InChI=1S/C12H22BrNO2/c1-12(2,3)16-11(15)14-10-6-4-5-9(7-10)8-13/h9-10H,4-8H2,1-3H3,(H,14,15)/t9-,10+/m0/s1. The summed E-state index contributed by atoms with van der Waals surface area (Å²) in [4.78, 5) is 11.6. The predicted octanol–water partition coefficient (Wildman–Crippen LogP) is 3.46. The summed E-state index contributed by atoms with van der Waals surface area (Å²) in [6.45, 7) is 5.65. The third-order valence-corrected chi connectivity index (χ3v) is 3.64. The molecule has 94 valence electrons. The van der Waals surface area contributed by atoms with E-state index in [1.807, 2.05) is 20.8 Å².